The van der Waals surface area contributed by atoms with E-state index in [9.17, 15) is 13.2 Å². The molecule has 138 valence electrons. The Labute approximate surface area is 154 Å². The van der Waals surface area contributed by atoms with Crippen LogP contribution in [0.15, 0.2) is 59.5 Å². The van der Waals surface area contributed by atoms with Crippen molar-refractivity contribution in [1.29, 1.82) is 0 Å². The number of ether oxygens (including phenoxy) is 1. The van der Waals surface area contributed by atoms with Crippen molar-refractivity contribution in [2.45, 2.75) is 24.3 Å². The van der Waals surface area contributed by atoms with Crippen LogP contribution in [0.3, 0.4) is 0 Å². The summed E-state index contributed by atoms with van der Waals surface area (Å²) in [4.78, 5) is 14.5. The first kappa shape index (κ1) is 18.6. The lowest BCUT2D eigenvalue weighted by Crippen LogP contribution is -2.42. The van der Waals surface area contributed by atoms with Crippen LogP contribution in [0, 0.1) is 6.92 Å². The van der Waals surface area contributed by atoms with Gasteiger partial charge in [0.1, 0.15) is 6.10 Å². The van der Waals surface area contributed by atoms with Crippen molar-refractivity contribution in [3.05, 3.63) is 65.7 Å². The number of hydrogen-bond acceptors (Lipinski definition) is 4. The number of rotatable bonds is 5. The molecule has 0 radical (unpaired) electrons. The van der Waals surface area contributed by atoms with Gasteiger partial charge in [-0.25, -0.2) is 8.42 Å². The van der Waals surface area contributed by atoms with Crippen LogP contribution in [0.25, 0.3) is 0 Å². The summed E-state index contributed by atoms with van der Waals surface area (Å²) in [5.74, 6) is -0.326. The molecule has 1 amide bonds. The van der Waals surface area contributed by atoms with E-state index in [2.05, 4.69) is 0 Å². The summed E-state index contributed by atoms with van der Waals surface area (Å²) in [6.45, 7) is 3.42. The molecule has 6 heteroatoms. The number of hydrogen-bond donors (Lipinski definition) is 0. The number of carbonyl (C=O) groups is 1. The topological polar surface area (TPSA) is 63.7 Å². The second-order valence-electron chi connectivity index (χ2n) is 6.49. The zero-order chi connectivity index (χ0) is 18.6. The molecule has 0 saturated carbocycles. The molecule has 0 aromatic heterocycles. The van der Waals surface area contributed by atoms with Crippen molar-refractivity contribution in [2.75, 3.05) is 25.4 Å². The molecule has 1 aliphatic rings. The van der Waals surface area contributed by atoms with E-state index in [-0.39, 0.29) is 29.1 Å². The summed E-state index contributed by atoms with van der Waals surface area (Å²) in [6, 6.07) is 16.3. The van der Waals surface area contributed by atoms with Crippen molar-refractivity contribution in [2.24, 2.45) is 0 Å². The number of nitrogens with zero attached hydrogens (tertiary/aromatic N) is 1. The summed E-state index contributed by atoms with van der Waals surface area (Å²) >= 11 is 0. The number of carbonyl (C=O) groups excluding carboxylic acids is 1. The molecule has 1 fully saturated rings. The standard InChI is InChI=1S/C20H23NO4S/c1-16-7-9-17(10-8-16)19-15-21(12-13-25-19)20(22)11-14-26(23,24)18-5-3-2-4-6-18/h2-10,19H,11-15H2,1H3. The average molecular weight is 373 g/mol. The molecule has 1 heterocycles. The fraction of sp³-hybridized carbons (Fsp3) is 0.350. The highest BCUT2D eigenvalue weighted by atomic mass is 32.2. The summed E-state index contributed by atoms with van der Waals surface area (Å²) < 4.78 is 30.5. The second kappa shape index (κ2) is 8.01. The SMILES string of the molecule is Cc1ccc(C2CN(C(=O)CCS(=O)(=O)c3ccccc3)CCO2)cc1. The summed E-state index contributed by atoms with van der Waals surface area (Å²) in [5, 5.41) is 0. The van der Waals surface area contributed by atoms with E-state index in [0.29, 0.717) is 19.7 Å². The molecule has 0 spiro atoms. The molecule has 0 bridgehead atoms. The van der Waals surface area contributed by atoms with Gasteiger partial charge in [0, 0.05) is 13.0 Å². The molecule has 26 heavy (non-hydrogen) atoms. The first-order valence-electron chi connectivity index (χ1n) is 8.69. The van der Waals surface area contributed by atoms with Gasteiger partial charge in [-0.3, -0.25) is 4.79 Å². The number of amides is 1. The molecule has 2 aromatic carbocycles. The van der Waals surface area contributed by atoms with E-state index in [0.717, 1.165) is 5.56 Å². The molecule has 0 aliphatic carbocycles. The molecule has 2 aromatic rings. The smallest absolute Gasteiger partial charge is 0.223 e. The minimum absolute atomic E-state index is 0.0160. The van der Waals surface area contributed by atoms with Gasteiger partial charge in [-0.2, -0.15) is 0 Å². The van der Waals surface area contributed by atoms with Crippen molar-refractivity contribution in [1.82, 2.24) is 4.90 Å². The lowest BCUT2D eigenvalue weighted by molar-refractivity contribution is -0.138. The van der Waals surface area contributed by atoms with Gasteiger partial charge >= 0.3 is 0 Å². The highest BCUT2D eigenvalue weighted by Gasteiger charge is 2.26. The van der Waals surface area contributed by atoms with Crippen molar-refractivity contribution in [3.8, 4) is 0 Å². The van der Waals surface area contributed by atoms with Crippen LogP contribution in [0.5, 0.6) is 0 Å². The van der Waals surface area contributed by atoms with Crippen LogP contribution in [0.1, 0.15) is 23.7 Å². The average Bonchev–Trinajstić information content (AvgIpc) is 2.67. The summed E-state index contributed by atoms with van der Waals surface area (Å²) in [6.07, 6.45) is -0.184. The van der Waals surface area contributed by atoms with Crippen molar-refractivity contribution in [3.63, 3.8) is 0 Å². The van der Waals surface area contributed by atoms with E-state index in [1.54, 1.807) is 35.2 Å². The molecular weight excluding hydrogens is 350 g/mol. The predicted octanol–water partition coefficient (Wildman–Crippen LogP) is 2.76. The van der Waals surface area contributed by atoms with Gasteiger partial charge in [0.05, 0.1) is 23.8 Å². The Morgan fingerprint density at radius 1 is 1.12 bits per heavy atom. The largest absolute Gasteiger partial charge is 0.370 e. The van der Waals surface area contributed by atoms with E-state index in [4.69, 9.17) is 4.74 Å². The third-order valence-corrected chi connectivity index (χ3v) is 6.29. The normalized spacial score (nSPS) is 17.9. The van der Waals surface area contributed by atoms with Gasteiger partial charge in [0.25, 0.3) is 0 Å². The van der Waals surface area contributed by atoms with E-state index in [1.165, 1.54) is 5.56 Å². The maximum absolute atomic E-state index is 12.5. The van der Waals surface area contributed by atoms with Crippen LogP contribution in [-0.4, -0.2) is 44.7 Å². The highest BCUT2D eigenvalue weighted by Crippen LogP contribution is 2.23. The Kier molecular flexibility index (Phi) is 5.74. The zero-order valence-corrected chi connectivity index (χ0v) is 15.6. The van der Waals surface area contributed by atoms with Crippen LogP contribution in [0.4, 0.5) is 0 Å². The Hall–Kier alpha value is -2.18. The lowest BCUT2D eigenvalue weighted by atomic mass is 10.1. The summed E-state index contributed by atoms with van der Waals surface area (Å²) in [7, 11) is -3.44. The van der Waals surface area contributed by atoms with Crippen LogP contribution in [-0.2, 0) is 19.4 Å². The minimum Gasteiger partial charge on any atom is -0.370 e. The van der Waals surface area contributed by atoms with Gasteiger partial charge < -0.3 is 9.64 Å². The molecular formula is C20H23NO4S. The van der Waals surface area contributed by atoms with Crippen molar-refractivity contribution >= 4 is 15.7 Å². The zero-order valence-electron chi connectivity index (χ0n) is 14.8. The summed E-state index contributed by atoms with van der Waals surface area (Å²) in [5.41, 5.74) is 2.20. The minimum atomic E-state index is -3.44. The second-order valence-corrected chi connectivity index (χ2v) is 8.60. The van der Waals surface area contributed by atoms with Crippen LogP contribution >= 0.6 is 0 Å². The monoisotopic (exact) mass is 373 g/mol. The number of benzene rings is 2. The van der Waals surface area contributed by atoms with Crippen LogP contribution < -0.4 is 0 Å². The lowest BCUT2D eigenvalue weighted by Gasteiger charge is -2.33. The van der Waals surface area contributed by atoms with E-state index < -0.39 is 9.84 Å². The van der Waals surface area contributed by atoms with Gasteiger partial charge in [-0.1, -0.05) is 48.0 Å². The Balaban J connectivity index is 1.60. The molecule has 1 unspecified atom stereocenters. The molecule has 0 N–H and O–H groups in total. The van der Waals surface area contributed by atoms with E-state index >= 15 is 0 Å². The third kappa shape index (κ3) is 4.51. The molecule has 1 saturated heterocycles. The Morgan fingerprint density at radius 2 is 1.81 bits per heavy atom. The van der Waals surface area contributed by atoms with Gasteiger partial charge in [-0.15, -0.1) is 0 Å². The Bertz CT molecular complexity index is 847. The number of morpholine rings is 1. The molecule has 3 rings (SSSR count). The van der Waals surface area contributed by atoms with Crippen molar-refractivity contribution < 1.29 is 17.9 Å². The van der Waals surface area contributed by atoms with Gasteiger partial charge in [0.2, 0.25) is 5.91 Å². The third-order valence-electron chi connectivity index (χ3n) is 4.56. The van der Waals surface area contributed by atoms with Gasteiger partial charge in [-0.05, 0) is 24.6 Å². The fourth-order valence-electron chi connectivity index (χ4n) is 2.98. The van der Waals surface area contributed by atoms with E-state index in [1.807, 2.05) is 31.2 Å². The maximum atomic E-state index is 12.5. The predicted molar refractivity (Wildman–Crippen MR) is 99.6 cm³/mol. The number of sulfone groups is 1. The van der Waals surface area contributed by atoms with Crippen LogP contribution in [0.2, 0.25) is 0 Å². The molecule has 1 aliphatic heterocycles. The Morgan fingerprint density at radius 3 is 2.50 bits per heavy atom. The quantitative estimate of drug-likeness (QED) is 0.808. The fourth-order valence-corrected chi connectivity index (χ4v) is 4.23. The first-order chi connectivity index (χ1) is 12.5. The first-order valence-corrected chi connectivity index (χ1v) is 10.3. The highest BCUT2D eigenvalue weighted by molar-refractivity contribution is 7.91. The number of aryl methyl sites for hydroxylation is 1. The molecule has 5 nitrogen and oxygen atoms in total. The maximum Gasteiger partial charge on any atom is 0.223 e. The van der Waals surface area contributed by atoms with Gasteiger partial charge in [0.15, 0.2) is 9.84 Å². The molecule has 1 atom stereocenters.